The third kappa shape index (κ3) is 2.80. The van der Waals surface area contributed by atoms with Gasteiger partial charge < -0.3 is 14.9 Å². The molecule has 5 nitrogen and oxygen atoms in total. The number of hydrogen-bond donors (Lipinski definition) is 2. The van der Waals surface area contributed by atoms with E-state index in [0.717, 1.165) is 29.7 Å². The smallest absolute Gasteiger partial charge is 0.224 e. The molecule has 1 atom stereocenters. The van der Waals surface area contributed by atoms with Crippen LogP contribution in [0.1, 0.15) is 40.3 Å². The SMILES string of the molecule is Cc1noc(C)c1CC(=O)NCC1(O)CCCc2sccc21. The lowest BCUT2D eigenvalue weighted by Crippen LogP contribution is -2.43. The van der Waals surface area contributed by atoms with Crippen LogP contribution in [0.15, 0.2) is 16.0 Å². The van der Waals surface area contributed by atoms with E-state index in [-0.39, 0.29) is 18.9 Å². The summed E-state index contributed by atoms with van der Waals surface area (Å²) in [5, 5.41) is 19.6. The largest absolute Gasteiger partial charge is 0.383 e. The highest BCUT2D eigenvalue weighted by Crippen LogP contribution is 2.37. The average molecular weight is 320 g/mol. The number of fused-ring (bicyclic) bond motifs is 1. The Hall–Kier alpha value is -1.66. The van der Waals surface area contributed by atoms with E-state index in [1.54, 1.807) is 18.3 Å². The fourth-order valence-corrected chi connectivity index (χ4v) is 4.05. The number of thiophene rings is 1. The molecule has 1 amide bonds. The van der Waals surface area contributed by atoms with Crippen LogP contribution < -0.4 is 5.32 Å². The van der Waals surface area contributed by atoms with Crippen LogP contribution in [0.3, 0.4) is 0 Å². The molecule has 2 N–H and O–H groups in total. The van der Waals surface area contributed by atoms with Gasteiger partial charge in [0.2, 0.25) is 5.91 Å². The average Bonchev–Trinajstić information content (AvgIpc) is 3.08. The van der Waals surface area contributed by atoms with Gasteiger partial charge in [-0.1, -0.05) is 5.16 Å². The maximum absolute atomic E-state index is 12.2. The number of carbonyl (C=O) groups is 1. The lowest BCUT2D eigenvalue weighted by Gasteiger charge is -2.32. The van der Waals surface area contributed by atoms with E-state index in [1.807, 2.05) is 18.4 Å². The van der Waals surface area contributed by atoms with Crippen molar-refractivity contribution in [3.63, 3.8) is 0 Å². The number of nitrogens with one attached hydrogen (secondary N) is 1. The third-order valence-electron chi connectivity index (χ3n) is 4.34. The van der Waals surface area contributed by atoms with E-state index in [9.17, 15) is 9.90 Å². The van der Waals surface area contributed by atoms with Crippen molar-refractivity contribution >= 4 is 17.2 Å². The summed E-state index contributed by atoms with van der Waals surface area (Å²) in [6.45, 7) is 3.87. The van der Waals surface area contributed by atoms with Gasteiger partial charge in [0.15, 0.2) is 0 Å². The second-order valence-electron chi connectivity index (χ2n) is 5.90. The molecule has 118 valence electrons. The van der Waals surface area contributed by atoms with Gasteiger partial charge in [0.25, 0.3) is 0 Å². The monoisotopic (exact) mass is 320 g/mol. The fraction of sp³-hybridized carbons (Fsp3) is 0.500. The summed E-state index contributed by atoms with van der Waals surface area (Å²) < 4.78 is 5.07. The van der Waals surface area contributed by atoms with Gasteiger partial charge in [0, 0.05) is 10.4 Å². The summed E-state index contributed by atoms with van der Waals surface area (Å²) in [4.78, 5) is 13.4. The molecule has 3 rings (SSSR count). The number of amides is 1. The molecule has 2 aromatic heterocycles. The molecular weight excluding hydrogens is 300 g/mol. The number of nitrogens with zero attached hydrogens (tertiary/aromatic N) is 1. The van der Waals surface area contributed by atoms with Crippen LogP contribution in [0.25, 0.3) is 0 Å². The minimum atomic E-state index is -0.942. The highest BCUT2D eigenvalue weighted by atomic mass is 32.1. The van der Waals surface area contributed by atoms with Crippen molar-refractivity contribution in [3.8, 4) is 0 Å². The van der Waals surface area contributed by atoms with E-state index in [2.05, 4.69) is 10.5 Å². The minimum absolute atomic E-state index is 0.120. The van der Waals surface area contributed by atoms with Crippen LogP contribution in [-0.2, 0) is 23.2 Å². The van der Waals surface area contributed by atoms with E-state index in [1.165, 1.54) is 4.88 Å². The zero-order valence-corrected chi connectivity index (χ0v) is 13.6. The van der Waals surface area contributed by atoms with Crippen LogP contribution in [-0.4, -0.2) is 22.7 Å². The summed E-state index contributed by atoms with van der Waals surface area (Å²) in [5.41, 5.74) is 1.59. The second-order valence-corrected chi connectivity index (χ2v) is 6.90. The molecule has 0 saturated carbocycles. The van der Waals surface area contributed by atoms with Crippen LogP contribution >= 0.6 is 11.3 Å². The molecule has 1 unspecified atom stereocenters. The Morgan fingerprint density at radius 1 is 1.55 bits per heavy atom. The van der Waals surface area contributed by atoms with Gasteiger partial charge in [0.05, 0.1) is 18.7 Å². The predicted octanol–water partition coefficient (Wildman–Crippen LogP) is 2.24. The first-order chi connectivity index (χ1) is 10.5. The molecule has 1 aliphatic carbocycles. The second kappa shape index (κ2) is 5.85. The Labute approximate surface area is 133 Å². The predicted molar refractivity (Wildman–Crippen MR) is 83.8 cm³/mol. The van der Waals surface area contributed by atoms with Crippen molar-refractivity contribution in [3.05, 3.63) is 38.9 Å². The van der Waals surface area contributed by atoms with Crippen molar-refractivity contribution in [2.45, 2.75) is 45.1 Å². The molecule has 0 bridgehead atoms. The molecular formula is C16H20N2O3S. The fourth-order valence-electron chi connectivity index (χ4n) is 3.03. The van der Waals surface area contributed by atoms with E-state index < -0.39 is 5.60 Å². The Morgan fingerprint density at radius 2 is 2.36 bits per heavy atom. The number of aliphatic hydroxyl groups is 1. The van der Waals surface area contributed by atoms with Crippen molar-refractivity contribution in [2.75, 3.05) is 6.54 Å². The molecule has 2 aromatic rings. The van der Waals surface area contributed by atoms with Crippen molar-refractivity contribution < 1.29 is 14.4 Å². The molecule has 0 aromatic carbocycles. The number of aromatic nitrogens is 1. The summed E-state index contributed by atoms with van der Waals surface area (Å²) in [6, 6.07) is 1.97. The zero-order chi connectivity index (χ0) is 15.7. The standard InChI is InChI=1S/C16H20N2O3S/c1-10-12(11(2)21-18-10)8-15(19)17-9-16(20)6-3-4-14-13(16)5-7-22-14/h5,7,20H,3-4,6,8-9H2,1-2H3,(H,17,19). The first kappa shape index (κ1) is 15.2. The lowest BCUT2D eigenvalue weighted by atomic mass is 9.83. The number of hydrogen-bond acceptors (Lipinski definition) is 5. The number of aryl methyl sites for hydroxylation is 3. The van der Waals surface area contributed by atoms with Gasteiger partial charge in [-0.25, -0.2) is 0 Å². The molecule has 6 heteroatoms. The summed E-state index contributed by atoms with van der Waals surface area (Å²) >= 11 is 1.68. The topological polar surface area (TPSA) is 75.4 Å². The molecule has 0 aliphatic heterocycles. The molecule has 1 aliphatic rings. The van der Waals surface area contributed by atoms with Crippen LogP contribution in [0, 0.1) is 13.8 Å². The maximum Gasteiger partial charge on any atom is 0.224 e. The highest BCUT2D eigenvalue weighted by molar-refractivity contribution is 7.10. The first-order valence-corrected chi connectivity index (χ1v) is 8.35. The lowest BCUT2D eigenvalue weighted by molar-refractivity contribution is -0.122. The van der Waals surface area contributed by atoms with Gasteiger partial charge in [-0.2, -0.15) is 0 Å². The van der Waals surface area contributed by atoms with E-state index in [0.29, 0.717) is 12.2 Å². The van der Waals surface area contributed by atoms with Crippen LogP contribution in [0.5, 0.6) is 0 Å². The highest BCUT2D eigenvalue weighted by Gasteiger charge is 2.35. The maximum atomic E-state index is 12.2. The van der Waals surface area contributed by atoms with Crippen LogP contribution in [0.4, 0.5) is 0 Å². The summed E-state index contributed by atoms with van der Waals surface area (Å²) in [7, 11) is 0. The van der Waals surface area contributed by atoms with Gasteiger partial charge >= 0.3 is 0 Å². The number of carbonyl (C=O) groups excluding carboxylic acids is 1. The number of rotatable bonds is 4. The zero-order valence-electron chi connectivity index (χ0n) is 12.8. The first-order valence-electron chi connectivity index (χ1n) is 7.47. The molecule has 22 heavy (non-hydrogen) atoms. The molecule has 0 radical (unpaired) electrons. The Balaban J connectivity index is 1.65. The summed E-state index contributed by atoms with van der Waals surface area (Å²) in [5.74, 6) is 0.550. The van der Waals surface area contributed by atoms with Gasteiger partial charge in [0.1, 0.15) is 11.4 Å². The van der Waals surface area contributed by atoms with E-state index in [4.69, 9.17) is 4.52 Å². The summed E-state index contributed by atoms with van der Waals surface area (Å²) in [6.07, 6.45) is 2.88. The van der Waals surface area contributed by atoms with Gasteiger partial charge in [-0.05, 0) is 50.1 Å². The van der Waals surface area contributed by atoms with Crippen LogP contribution in [0.2, 0.25) is 0 Å². The van der Waals surface area contributed by atoms with Crippen molar-refractivity contribution in [2.24, 2.45) is 0 Å². The van der Waals surface area contributed by atoms with Crippen molar-refractivity contribution in [1.29, 1.82) is 0 Å². The molecule has 0 fully saturated rings. The molecule has 2 heterocycles. The molecule has 0 saturated heterocycles. The molecule has 0 spiro atoms. The Bertz CT molecular complexity index is 672. The quantitative estimate of drug-likeness (QED) is 0.906. The normalized spacial score (nSPS) is 20.7. The van der Waals surface area contributed by atoms with Crippen molar-refractivity contribution in [1.82, 2.24) is 10.5 Å². The third-order valence-corrected chi connectivity index (χ3v) is 5.32. The minimum Gasteiger partial charge on any atom is -0.383 e. The van der Waals surface area contributed by atoms with Gasteiger partial charge in [-0.3, -0.25) is 4.79 Å². The Kier molecular flexibility index (Phi) is 4.06. The Morgan fingerprint density at radius 3 is 3.09 bits per heavy atom. The van der Waals surface area contributed by atoms with Gasteiger partial charge in [-0.15, -0.1) is 11.3 Å². The van der Waals surface area contributed by atoms with E-state index >= 15 is 0 Å².